The van der Waals surface area contributed by atoms with E-state index in [9.17, 15) is 4.57 Å². The lowest BCUT2D eigenvalue weighted by Gasteiger charge is -2.15. The van der Waals surface area contributed by atoms with Gasteiger partial charge in [0.25, 0.3) is 0 Å². The van der Waals surface area contributed by atoms with Crippen molar-refractivity contribution in [3.8, 4) is 0 Å². The van der Waals surface area contributed by atoms with Gasteiger partial charge in [-0.05, 0) is 12.8 Å². The third kappa shape index (κ3) is 12.7. The summed E-state index contributed by atoms with van der Waals surface area (Å²) in [6.45, 7) is 3.91. The normalized spacial score (nSPS) is 11.7. The molecule has 0 aliphatic carbocycles. The molecule has 0 amide bonds. The molecule has 0 heterocycles. The maximum atomic E-state index is 10.9. The smallest absolute Gasteiger partial charge is 0.324 e. The van der Waals surface area contributed by atoms with Gasteiger partial charge in [0.1, 0.15) is 0 Å². The van der Waals surface area contributed by atoms with Gasteiger partial charge >= 0.3 is 7.60 Å². The molecule has 0 saturated heterocycles. The van der Waals surface area contributed by atoms with Crippen molar-refractivity contribution in [2.75, 3.05) is 0 Å². The van der Waals surface area contributed by atoms with Gasteiger partial charge < -0.3 is 9.79 Å². The van der Waals surface area contributed by atoms with E-state index in [2.05, 4.69) is 6.92 Å². The first-order chi connectivity index (χ1) is 5.52. The van der Waals surface area contributed by atoms with E-state index >= 15 is 0 Å². The van der Waals surface area contributed by atoms with E-state index in [-0.39, 0.29) is 32.2 Å². The van der Waals surface area contributed by atoms with Gasteiger partial charge in [-0.25, -0.2) is 0 Å². The topological polar surface area (TPSA) is 57.5 Å². The molecule has 0 spiro atoms. The Morgan fingerprint density at radius 2 is 1.60 bits per heavy atom. The van der Waals surface area contributed by atoms with Crippen LogP contribution in [0.4, 0.5) is 0 Å². The summed E-state index contributed by atoms with van der Waals surface area (Å²) in [6, 6.07) is 0. The molecule has 6 heteroatoms. The summed E-state index contributed by atoms with van der Waals surface area (Å²) in [6.07, 6.45) is 4.33. The lowest BCUT2D eigenvalue weighted by molar-refractivity contribution is 0.350. The molecule has 0 aromatic carbocycles. The first-order valence-electron chi connectivity index (χ1n) is 4.57. The molecular weight excluding hydrogens is 258 g/mol. The van der Waals surface area contributed by atoms with Crippen LogP contribution in [0.25, 0.3) is 0 Å². The second-order valence-electron chi connectivity index (χ2n) is 3.15. The summed E-state index contributed by atoms with van der Waals surface area (Å²) < 4.78 is 10.9. The fourth-order valence-electron chi connectivity index (χ4n) is 1.24. The van der Waals surface area contributed by atoms with Crippen LogP contribution in [-0.2, 0) is 4.57 Å². The summed E-state index contributed by atoms with van der Waals surface area (Å²) >= 11 is 0. The second kappa shape index (κ2) is 12.8. The molecule has 0 bridgehead atoms. The maximum absolute atomic E-state index is 10.9. The Kier molecular flexibility index (Phi) is 21.2. The van der Waals surface area contributed by atoms with E-state index in [4.69, 9.17) is 9.79 Å². The van der Waals surface area contributed by atoms with Gasteiger partial charge in [0.2, 0.25) is 0 Å². The van der Waals surface area contributed by atoms with Crippen LogP contribution >= 0.6 is 32.4 Å². The summed E-state index contributed by atoms with van der Waals surface area (Å²) in [5.41, 5.74) is -0.413. The molecule has 2 N–H and O–H groups in total. The van der Waals surface area contributed by atoms with Gasteiger partial charge in [-0.3, -0.25) is 4.57 Å². The molecule has 1 unspecified atom stereocenters. The second-order valence-corrected chi connectivity index (χ2v) is 5.06. The fraction of sp³-hybridized carbons (Fsp3) is 1.00. The van der Waals surface area contributed by atoms with Crippen molar-refractivity contribution < 1.29 is 14.4 Å². The van der Waals surface area contributed by atoms with Crippen LogP contribution in [0.15, 0.2) is 0 Å². The predicted molar refractivity (Wildman–Crippen MR) is 71.5 cm³/mol. The van der Waals surface area contributed by atoms with Gasteiger partial charge in [-0.15, -0.1) is 24.8 Å². The summed E-state index contributed by atoms with van der Waals surface area (Å²) in [5, 5.41) is 0. The van der Waals surface area contributed by atoms with Crippen LogP contribution in [0.1, 0.15) is 53.4 Å². The van der Waals surface area contributed by atoms with E-state index in [1.165, 1.54) is 0 Å². The SMILES string of the molecule is C.CCCCCC(CC)P(=O)(O)O.Cl.Cl. The molecule has 3 nitrogen and oxygen atoms in total. The molecule has 0 aromatic heterocycles. The van der Waals surface area contributed by atoms with Crippen LogP contribution in [0, 0.1) is 0 Å². The Balaban J connectivity index is -0.000000202. The highest BCUT2D eigenvalue weighted by Crippen LogP contribution is 2.45. The minimum Gasteiger partial charge on any atom is -0.324 e. The number of unbranched alkanes of at least 4 members (excludes halogenated alkanes) is 2. The third-order valence-corrected chi connectivity index (χ3v) is 3.66. The molecule has 98 valence electrons. The average Bonchev–Trinajstić information content (AvgIpc) is 1.95. The zero-order chi connectivity index (χ0) is 9.61. The Morgan fingerprint density at radius 3 is 1.87 bits per heavy atom. The van der Waals surface area contributed by atoms with Crippen LogP contribution in [0.5, 0.6) is 0 Å². The van der Waals surface area contributed by atoms with Gasteiger partial charge in [-0.1, -0.05) is 40.5 Å². The minimum atomic E-state index is -3.82. The first kappa shape index (κ1) is 24.8. The highest BCUT2D eigenvalue weighted by Gasteiger charge is 2.25. The lowest BCUT2D eigenvalue weighted by atomic mass is 10.1. The van der Waals surface area contributed by atoms with Gasteiger partial charge in [0, 0.05) is 0 Å². The van der Waals surface area contributed by atoms with Crippen LogP contribution < -0.4 is 0 Å². The largest absolute Gasteiger partial charge is 0.328 e. The molecule has 0 fully saturated rings. The fourth-order valence-corrected chi connectivity index (χ4v) is 2.23. The first-order valence-corrected chi connectivity index (χ1v) is 6.25. The Hall–Kier alpha value is 0.730. The molecule has 1 atom stereocenters. The average molecular weight is 283 g/mol. The van der Waals surface area contributed by atoms with Gasteiger partial charge in [-0.2, -0.15) is 0 Å². The van der Waals surface area contributed by atoms with Crippen LogP contribution in [0.3, 0.4) is 0 Å². The lowest BCUT2D eigenvalue weighted by Crippen LogP contribution is -2.06. The van der Waals surface area contributed by atoms with Crippen molar-refractivity contribution in [3.63, 3.8) is 0 Å². The monoisotopic (exact) mass is 282 g/mol. The van der Waals surface area contributed by atoms with Crippen molar-refractivity contribution in [1.82, 2.24) is 0 Å². The predicted octanol–water partition coefficient (Wildman–Crippen LogP) is 4.00. The van der Waals surface area contributed by atoms with Crippen LogP contribution in [0.2, 0.25) is 0 Å². The summed E-state index contributed by atoms with van der Waals surface area (Å²) in [4.78, 5) is 17.8. The molecule has 0 saturated carbocycles. The molecule has 15 heavy (non-hydrogen) atoms. The summed E-state index contributed by atoms with van der Waals surface area (Å²) in [5.74, 6) is 0. The molecule has 0 aliphatic heterocycles. The molecule has 0 radical (unpaired) electrons. The van der Waals surface area contributed by atoms with Crippen molar-refractivity contribution in [3.05, 3.63) is 0 Å². The minimum absolute atomic E-state index is 0. The number of hydrogen-bond acceptors (Lipinski definition) is 1. The van der Waals surface area contributed by atoms with Crippen molar-refractivity contribution in [1.29, 1.82) is 0 Å². The van der Waals surface area contributed by atoms with E-state index in [1.807, 2.05) is 6.92 Å². The van der Waals surface area contributed by atoms with Gasteiger partial charge in [0.15, 0.2) is 0 Å². The Labute approximate surface area is 106 Å². The summed E-state index contributed by atoms with van der Waals surface area (Å²) in [7, 11) is -3.82. The van der Waals surface area contributed by atoms with Crippen molar-refractivity contribution in [2.45, 2.75) is 59.0 Å². The number of rotatable bonds is 6. The van der Waals surface area contributed by atoms with Gasteiger partial charge in [0.05, 0.1) is 5.66 Å². The number of halogens is 2. The third-order valence-electron chi connectivity index (χ3n) is 2.09. The van der Waals surface area contributed by atoms with E-state index in [1.54, 1.807) is 0 Å². The standard InChI is InChI=1S/C8H19O3P.CH4.2ClH/c1-3-5-6-7-8(4-2)12(9,10)11;;;/h8H,3-7H2,1-2H3,(H2,9,10,11);1H4;2*1H. The van der Waals surface area contributed by atoms with E-state index in [0.717, 1.165) is 19.3 Å². The molecule has 0 aliphatic rings. The zero-order valence-electron chi connectivity index (χ0n) is 8.68. The molecule has 0 aromatic rings. The highest BCUT2D eigenvalue weighted by molar-refractivity contribution is 7.52. The Morgan fingerprint density at radius 1 is 1.13 bits per heavy atom. The molecule has 0 rings (SSSR count). The van der Waals surface area contributed by atoms with Crippen molar-refractivity contribution >= 4 is 32.4 Å². The van der Waals surface area contributed by atoms with E-state index < -0.39 is 13.3 Å². The quantitative estimate of drug-likeness (QED) is 0.572. The maximum Gasteiger partial charge on any atom is 0.328 e. The molecular formula is C9H25Cl2O3P. The van der Waals surface area contributed by atoms with Crippen molar-refractivity contribution in [2.24, 2.45) is 0 Å². The Bertz CT molecular complexity index is 161. The zero-order valence-corrected chi connectivity index (χ0v) is 11.2. The van der Waals surface area contributed by atoms with E-state index in [0.29, 0.717) is 12.8 Å². The van der Waals surface area contributed by atoms with Crippen LogP contribution in [-0.4, -0.2) is 15.4 Å². The number of hydrogen-bond donors (Lipinski definition) is 2. The highest BCUT2D eigenvalue weighted by atomic mass is 35.5.